The molecule has 2 amide bonds. The molecule has 1 aromatic rings. The zero-order valence-corrected chi connectivity index (χ0v) is 9.03. The van der Waals surface area contributed by atoms with Crippen molar-refractivity contribution in [2.75, 3.05) is 6.61 Å². The molecule has 2 rings (SSSR count). The number of hydrogen-bond acceptors (Lipinski definition) is 3. The Morgan fingerprint density at radius 2 is 1.56 bits per heavy atom. The number of rotatable bonds is 3. The molecule has 0 N–H and O–H groups in total. The summed E-state index contributed by atoms with van der Waals surface area (Å²) in [5.41, 5.74) is 0.268. The van der Waals surface area contributed by atoms with Gasteiger partial charge in [-0.2, -0.15) is 13.2 Å². The highest BCUT2D eigenvalue weighted by Gasteiger charge is 2.37. The fraction of sp³-hybridized carbons (Fsp3) is 0.273. The van der Waals surface area contributed by atoms with E-state index in [0.717, 1.165) is 0 Å². The van der Waals surface area contributed by atoms with Crippen molar-refractivity contribution in [3.05, 3.63) is 35.4 Å². The Hall–Kier alpha value is -1.89. The van der Waals surface area contributed by atoms with Crippen LogP contribution in [0.5, 0.6) is 0 Å². The molecule has 1 aromatic carbocycles. The fourth-order valence-electron chi connectivity index (χ4n) is 1.54. The van der Waals surface area contributed by atoms with Crippen LogP contribution in [0.1, 0.15) is 27.1 Å². The normalized spacial score (nSPS) is 15.2. The average molecular weight is 259 g/mol. The molecule has 1 aliphatic rings. The van der Waals surface area contributed by atoms with Gasteiger partial charge in [-0.15, -0.1) is 5.06 Å². The topological polar surface area (TPSA) is 46.6 Å². The molecule has 7 heteroatoms. The van der Waals surface area contributed by atoms with Crippen molar-refractivity contribution in [3.63, 3.8) is 0 Å². The molecule has 0 radical (unpaired) electrons. The maximum atomic E-state index is 11.9. The second kappa shape index (κ2) is 4.41. The minimum Gasteiger partial charge on any atom is -0.266 e. The van der Waals surface area contributed by atoms with Crippen LogP contribution in [0.2, 0.25) is 0 Å². The van der Waals surface area contributed by atoms with Crippen LogP contribution in [0.3, 0.4) is 0 Å². The number of carbonyl (C=O) groups excluding carboxylic acids is 2. The summed E-state index contributed by atoms with van der Waals surface area (Å²) in [6, 6.07) is 5.96. The lowest BCUT2D eigenvalue weighted by molar-refractivity contribution is -0.168. The third-order valence-corrected chi connectivity index (χ3v) is 2.36. The zero-order valence-electron chi connectivity index (χ0n) is 9.03. The number of benzene rings is 1. The smallest absolute Gasteiger partial charge is 0.266 e. The summed E-state index contributed by atoms with van der Waals surface area (Å²) in [7, 11) is 0. The van der Waals surface area contributed by atoms with Gasteiger partial charge in [0.1, 0.15) is 0 Å². The van der Waals surface area contributed by atoms with E-state index in [-0.39, 0.29) is 11.1 Å². The van der Waals surface area contributed by atoms with Crippen LogP contribution in [0.25, 0.3) is 0 Å². The molecular weight excluding hydrogens is 251 g/mol. The number of halogens is 3. The van der Waals surface area contributed by atoms with E-state index in [2.05, 4.69) is 4.84 Å². The summed E-state index contributed by atoms with van der Waals surface area (Å²) in [6.07, 6.45) is -5.61. The molecular formula is C11H8F3NO3. The van der Waals surface area contributed by atoms with E-state index < -0.39 is 31.0 Å². The highest BCUT2D eigenvalue weighted by molar-refractivity contribution is 6.20. The highest BCUT2D eigenvalue weighted by Crippen LogP contribution is 2.24. The van der Waals surface area contributed by atoms with E-state index in [0.29, 0.717) is 5.06 Å². The zero-order chi connectivity index (χ0) is 13.3. The molecule has 0 saturated heterocycles. The SMILES string of the molecule is O=C1c2ccccc2C(=O)N1OCCC(F)(F)F. The summed E-state index contributed by atoms with van der Waals surface area (Å²) in [4.78, 5) is 27.9. The highest BCUT2D eigenvalue weighted by atomic mass is 19.4. The summed E-state index contributed by atoms with van der Waals surface area (Å²) >= 11 is 0. The second-order valence-electron chi connectivity index (χ2n) is 3.65. The van der Waals surface area contributed by atoms with E-state index in [4.69, 9.17) is 0 Å². The number of hydrogen-bond donors (Lipinski definition) is 0. The number of imide groups is 1. The second-order valence-corrected chi connectivity index (χ2v) is 3.65. The van der Waals surface area contributed by atoms with Crippen molar-refractivity contribution >= 4 is 11.8 Å². The van der Waals surface area contributed by atoms with Crippen molar-refractivity contribution in [1.29, 1.82) is 0 Å². The summed E-state index contributed by atoms with van der Waals surface area (Å²) in [5.74, 6) is -1.48. The molecule has 0 unspecified atom stereocenters. The summed E-state index contributed by atoms with van der Waals surface area (Å²) in [6.45, 7) is -0.769. The van der Waals surface area contributed by atoms with Crippen LogP contribution in [-0.2, 0) is 4.84 Å². The molecule has 0 spiro atoms. The first-order valence-corrected chi connectivity index (χ1v) is 5.07. The van der Waals surface area contributed by atoms with Crippen molar-refractivity contribution in [2.45, 2.75) is 12.6 Å². The molecule has 0 saturated carbocycles. The molecule has 4 nitrogen and oxygen atoms in total. The summed E-state index contributed by atoms with van der Waals surface area (Å²) < 4.78 is 35.8. The molecule has 0 atom stereocenters. The Labute approximate surface area is 99.9 Å². The van der Waals surface area contributed by atoms with E-state index in [1.165, 1.54) is 12.1 Å². The van der Waals surface area contributed by atoms with Gasteiger partial charge < -0.3 is 0 Å². The van der Waals surface area contributed by atoms with Gasteiger partial charge in [0.05, 0.1) is 24.2 Å². The third kappa shape index (κ3) is 2.35. The molecule has 96 valence electrons. The average Bonchev–Trinajstić information content (AvgIpc) is 2.53. The van der Waals surface area contributed by atoms with E-state index in [9.17, 15) is 22.8 Å². The molecule has 1 heterocycles. The summed E-state index contributed by atoms with van der Waals surface area (Å²) in [5, 5.41) is 0.371. The number of fused-ring (bicyclic) bond motifs is 1. The van der Waals surface area contributed by atoms with Crippen LogP contribution >= 0.6 is 0 Å². The first-order valence-electron chi connectivity index (χ1n) is 5.07. The first kappa shape index (κ1) is 12.6. The largest absolute Gasteiger partial charge is 0.391 e. The first-order chi connectivity index (χ1) is 8.40. The lowest BCUT2D eigenvalue weighted by atomic mass is 10.1. The predicted octanol–water partition coefficient (Wildman–Crippen LogP) is 2.17. The number of carbonyl (C=O) groups is 2. The van der Waals surface area contributed by atoms with Crippen LogP contribution in [-0.4, -0.2) is 29.7 Å². The van der Waals surface area contributed by atoms with Crippen LogP contribution in [0.15, 0.2) is 24.3 Å². The quantitative estimate of drug-likeness (QED) is 0.781. The monoisotopic (exact) mass is 259 g/mol. The molecule has 1 aliphatic heterocycles. The van der Waals surface area contributed by atoms with Crippen molar-refractivity contribution in [2.24, 2.45) is 0 Å². The van der Waals surface area contributed by atoms with Gasteiger partial charge in [-0.05, 0) is 12.1 Å². The standard InChI is InChI=1S/C11H8F3NO3/c12-11(13,14)5-6-18-15-9(16)7-3-1-2-4-8(7)10(15)17/h1-4H,5-6H2. The third-order valence-electron chi connectivity index (χ3n) is 2.36. The number of hydroxylamine groups is 2. The van der Waals surface area contributed by atoms with Gasteiger partial charge in [0, 0.05) is 0 Å². The molecule has 18 heavy (non-hydrogen) atoms. The molecule has 0 fully saturated rings. The Balaban J connectivity index is 2.05. The van der Waals surface area contributed by atoms with Gasteiger partial charge in [-0.25, -0.2) is 0 Å². The van der Waals surface area contributed by atoms with Crippen molar-refractivity contribution < 1.29 is 27.6 Å². The number of nitrogens with zero attached hydrogens (tertiary/aromatic N) is 1. The minimum absolute atomic E-state index is 0.134. The van der Waals surface area contributed by atoms with Gasteiger partial charge in [0.25, 0.3) is 11.8 Å². The van der Waals surface area contributed by atoms with E-state index in [1.54, 1.807) is 12.1 Å². The van der Waals surface area contributed by atoms with Crippen LogP contribution in [0.4, 0.5) is 13.2 Å². The number of amides is 2. The van der Waals surface area contributed by atoms with Gasteiger partial charge in [-0.1, -0.05) is 12.1 Å². The van der Waals surface area contributed by atoms with Crippen LogP contribution < -0.4 is 0 Å². The predicted molar refractivity (Wildman–Crippen MR) is 53.6 cm³/mol. The maximum Gasteiger partial charge on any atom is 0.391 e. The minimum atomic E-state index is -4.39. The van der Waals surface area contributed by atoms with Gasteiger partial charge >= 0.3 is 6.18 Å². The lowest BCUT2D eigenvalue weighted by Gasteiger charge is -2.14. The molecule has 0 bridgehead atoms. The molecule has 0 aliphatic carbocycles. The van der Waals surface area contributed by atoms with Crippen molar-refractivity contribution in [3.8, 4) is 0 Å². The maximum absolute atomic E-state index is 11.9. The number of alkyl halides is 3. The van der Waals surface area contributed by atoms with Gasteiger partial charge in [-0.3, -0.25) is 14.4 Å². The van der Waals surface area contributed by atoms with Crippen LogP contribution in [0, 0.1) is 0 Å². The Morgan fingerprint density at radius 3 is 2.00 bits per heavy atom. The van der Waals surface area contributed by atoms with Gasteiger partial charge in [0.2, 0.25) is 0 Å². The lowest BCUT2D eigenvalue weighted by Crippen LogP contribution is -2.31. The Kier molecular flexibility index (Phi) is 3.08. The van der Waals surface area contributed by atoms with E-state index in [1.807, 2.05) is 0 Å². The Morgan fingerprint density at radius 1 is 1.06 bits per heavy atom. The van der Waals surface area contributed by atoms with E-state index >= 15 is 0 Å². The van der Waals surface area contributed by atoms with Crippen molar-refractivity contribution in [1.82, 2.24) is 5.06 Å². The fourth-order valence-corrected chi connectivity index (χ4v) is 1.54. The molecule has 0 aromatic heterocycles. The Bertz CT molecular complexity index is 464. The van der Waals surface area contributed by atoms with Gasteiger partial charge in [0.15, 0.2) is 0 Å².